The number of carbonyl (C=O) groups excluding carboxylic acids is 3. The van der Waals surface area contributed by atoms with Gasteiger partial charge in [0.15, 0.2) is 18.4 Å². The van der Waals surface area contributed by atoms with Crippen LogP contribution in [0.4, 0.5) is 22.7 Å². The van der Waals surface area contributed by atoms with Crippen molar-refractivity contribution in [2.45, 2.75) is 126 Å². The molecule has 3 aliphatic heterocycles. The fourth-order valence-corrected chi connectivity index (χ4v) is 18.7. The van der Waals surface area contributed by atoms with Gasteiger partial charge in [-0.25, -0.2) is 25.3 Å². The van der Waals surface area contributed by atoms with E-state index in [2.05, 4.69) is 113 Å². The van der Waals surface area contributed by atoms with Crippen LogP contribution in [-0.2, 0) is 76.2 Å². The molecule has 0 bridgehead atoms. The van der Waals surface area contributed by atoms with Gasteiger partial charge in [-0.3, -0.25) is 14.4 Å². The number of hydrogen-bond acceptors (Lipinski definition) is 23. The van der Waals surface area contributed by atoms with Crippen molar-refractivity contribution in [3.05, 3.63) is 154 Å². The zero-order valence-electron chi connectivity index (χ0n) is 69.3. The summed E-state index contributed by atoms with van der Waals surface area (Å²) in [6.45, 7) is 17.7. The molecule has 0 radical (unpaired) electrons. The first-order valence-electron chi connectivity index (χ1n) is 38.0. The van der Waals surface area contributed by atoms with Gasteiger partial charge < -0.3 is 68.3 Å². The maximum absolute atomic E-state index is 13.1. The Morgan fingerprint density at radius 1 is 0.411 bits per heavy atom. The summed E-state index contributed by atoms with van der Waals surface area (Å²) in [7, 11) is 11.0. The van der Waals surface area contributed by atoms with E-state index < -0.39 is 30.1 Å². The van der Waals surface area contributed by atoms with Crippen molar-refractivity contribution in [2.75, 3.05) is 204 Å². The molecule has 0 atom stereocenters. The van der Waals surface area contributed by atoms with Crippen LogP contribution in [-0.4, -0.2) is 273 Å². The number of methoxy groups -OCH3 is 3. The van der Waals surface area contributed by atoms with Gasteiger partial charge in [0.2, 0.25) is 30.1 Å². The first-order chi connectivity index (χ1) is 53.0. The second-order valence-electron chi connectivity index (χ2n) is 29.5. The van der Waals surface area contributed by atoms with E-state index in [0.29, 0.717) is 75.6 Å². The minimum absolute atomic E-state index is 0.0353. The summed E-state index contributed by atoms with van der Waals surface area (Å²) in [6, 6.07) is 36.8. The van der Waals surface area contributed by atoms with E-state index >= 15 is 0 Å². The zero-order chi connectivity index (χ0) is 82.6. The van der Waals surface area contributed by atoms with Crippen LogP contribution in [0, 0.1) is 41.5 Å². The van der Waals surface area contributed by atoms with Crippen molar-refractivity contribution in [3.63, 3.8) is 0 Å². The molecule has 3 aliphatic rings. The second-order valence-corrected chi connectivity index (χ2v) is 35.5. The van der Waals surface area contributed by atoms with Crippen LogP contribution in [0.5, 0.6) is 17.2 Å². The predicted molar refractivity (Wildman–Crippen MR) is 444 cm³/mol. The van der Waals surface area contributed by atoms with Crippen molar-refractivity contribution in [2.24, 2.45) is 0 Å². The van der Waals surface area contributed by atoms with Crippen molar-refractivity contribution >= 4 is 70.9 Å². The van der Waals surface area contributed by atoms with Crippen molar-refractivity contribution < 1.29 is 72.8 Å². The van der Waals surface area contributed by atoms with Crippen molar-refractivity contribution in [1.29, 1.82) is 0 Å². The Kier molecular flexibility index (Phi) is 37.2. The number of hydrogen-bond donors (Lipinski definition) is 1. The maximum Gasteiger partial charge on any atom is 0.295 e. The highest BCUT2D eigenvalue weighted by molar-refractivity contribution is 7.89. The number of piperidine rings is 3. The number of benzene rings is 6. The van der Waals surface area contributed by atoms with E-state index in [1.54, 1.807) is 92.2 Å². The predicted octanol–water partition coefficient (Wildman–Crippen LogP) is 9.46. The van der Waals surface area contributed by atoms with E-state index in [4.69, 9.17) is 34.2 Å². The number of carbonyl (C=O) groups is 3. The SMILES string of the molecule is CN(C)C1CCN(c2ccc(N)cc2)CC1.COc1cc(C)c(S(=O)(=O)N(C)CCOCC(=O)Cc2ccc(N3CCC(N(C)C)CC3)cc2)c(C)c1.COc1cc(C)c(S(=O)(=O)N(C)CCOCC(=O)Cc2ccc(N3CCC(N(C)C)CC3)cc2)c(C)c1.COc1cc(C)c(S(=O)(=O)N(C)CCOCOC=O)c(C)c1. The lowest BCUT2D eigenvalue weighted by molar-refractivity contribution is -0.140. The van der Waals surface area contributed by atoms with Crippen LogP contribution >= 0.6 is 0 Å². The first kappa shape index (κ1) is 93.1. The highest BCUT2D eigenvalue weighted by Crippen LogP contribution is 2.32. The van der Waals surface area contributed by atoms with Crippen LogP contribution in [0.3, 0.4) is 0 Å². The van der Waals surface area contributed by atoms with E-state index in [0.717, 1.165) is 87.8 Å². The highest BCUT2D eigenvalue weighted by Gasteiger charge is 2.30. The number of nitrogen functional groups attached to an aromatic ring is 1. The molecular weight excluding hydrogens is 1490 g/mol. The molecule has 3 fully saturated rings. The summed E-state index contributed by atoms with van der Waals surface area (Å²) in [4.78, 5) is 49.8. The van der Waals surface area contributed by atoms with Crippen LogP contribution < -0.4 is 34.6 Å². The number of aryl methyl sites for hydroxylation is 6. The molecule has 3 heterocycles. The summed E-state index contributed by atoms with van der Waals surface area (Å²) in [5.41, 5.74) is 15.9. The fourth-order valence-electron chi connectivity index (χ4n) is 14.0. The smallest absolute Gasteiger partial charge is 0.295 e. The minimum atomic E-state index is -3.69. The molecule has 620 valence electrons. The molecule has 29 heteroatoms. The van der Waals surface area contributed by atoms with Gasteiger partial charge in [0.1, 0.15) is 30.5 Å². The lowest BCUT2D eigenvalue weighted by atomic mass is 10.0. The molecule has 6 aromatic rings. The summed E-state index contributed by atoms with van der Waals surface area (Å²) < 4.78 is 117. The molecule has 0 aliphatic carbocycles. The lowest BCUT2D eigenvalue weighted by Gasteiger charge is -2.36. The number of Topliss-reactive ketones (excluding diaryl/α,β-unsaturated/α-hetero) is 2. The molecule has 0 amide bonds. The summed E-state index contributed by atoms with van der Waals surface area (Å²) >= 11 is 0. The molecule has 26 nitrogen and oxygen atoms in total. The van der Waals surface area contributed by atoms with Crippen LogP contribution in [0.15, 0.2) is 124 Å². The summed E-state index contributed by atoms with van der Waals surface area (Å²) in [5.74, 6) is 1.79. The number of rotatable bonds is 35. The van der Waals surface area contributed by atoms with E-state index in [1.807, 2.05) is 36.4 Å². The number of nitrogens with two attached hydrogens (primary N) is 1. The van der Waals surface area contributed by atoms with Gasteiger partial charge >= 0.3 is 0 Å². The van der Waals surface area contributed by atoms with Gasteiger partial charge in [-0.15, -0.1) is 0 Å². The van der Waals surface area contributed by atoms with E-state index in [-0.39, 0.29) is 92.2 Å². The number of ketones is 2. The van der Waals surface area contributed by atoms with Gasteiger partial charge in [0.25, 0.3) is 6.47 Å². The molecule has 6 aromatic carbocycles. The number of nitrogens with zero attached hydrogens (tertiary/aromatic N) is 9. The third-order valence-corrected chi connectivity index (χ3v) is 27.1. The topological polar surface area (TPSA) is 273 Å². The van der Waals surface area contributed by atoms with Gasteiger partial charge in [-0.2, -0.15) is 12.9 Å². The third-order valence-electron chi connectivity index (χ3n) is 20.7. The molecule has 0 aromatic heterocycles. The summed E-state index contributed by atoms with van der Waals surface area (Å²) in [6.07, 6.45) is 7.69. The normalized spacial score (nSPS) is 14.7. The lowest BCUT2D eigenvalue weighted by Crippen LogP contribution is -2.41. The van der Waals surface area contributed by atoms with Crippen molar-refractivity contribution in [3.8, 4) is 17.2 Å². The third kappa shape index (κ3) is 27.5. The number of likely N-dealkylation sites (N-methyl/N-ethyl adjacent to an activating group) is 3. The average molecular weight is 1610 g/mol. The van der Waals surface area contributed by atoms with Crippen LogP contribution in [0.1, 0.15) is 83.0 Å². The van der Waals surface area contributed by atoms with Gasteiger partial charge in [0.05, 0.1) is 55.8 Å². The van der Waals surface area contributed by atoms with Crippen molar-refractivity contribution in [1.82, 2.24) is 27.6 Å². The van der Waals surface area contributed by atoms with Gasteiger partial charge in [-0.05, 0) is 252 Å². The monoisotopic (exact) mass is 1610 g/mol. The Bertz CT molecular complexity index is 4050. The molecule has 0 unspecified atom stereocenters. The minimum Gasteiger partial charge on any atom is -0.497 e. The van der Waals surface area contributed by atoms with E-state index in [1.165, 1.54) is 71.1 Å². The highest BCUT2D eigenvalue weighted by atomic mass is 32.2. The molecule has 0 spiro atoms. The molecular formula is C83H124N10O16S3. The Morgan fingerprint density at radius 2 is 0.661 bits per heavy atom. The van der Waals surface area contributed by atoms with Gasteiger partial charge in [-0.1, -0.05) is 24.3 Å². The molecule has 0 saturated carbocycles. The Hall–Kier alpha value is -7.78. The quantitative estimate of drug-likeness (QED) is 0.0168. The standard InChI is InChI=1S/2C28H41N3O5S.C14H21NO6S.C13H21N3/c2*1-21-17-27(35-6)18-22(2)28(21)37(33,34)30(5)15-16-36-20-26(32)19-23-7-9-25(10-8-23)31-13-11-24(12-14-31)29(3)4;1-11-7-13(19-4)8-12(2)14(11)22(17,18)15(3)5-6-20-10-21-9-16;1-15(2)12-7-9-16(10-8-12)13-5-3-11(14)4-6-13/h2*7-10,17-18,24H,11-16,19-20H2,1-6H3;7-9H,5-6,10H2,1-4H3;3-6,12H,7-10,14H2,1-2H3. The number of sulfonamides is 3. The Labute approximate surface area is 668 Å². The molecule has 112 heavy (non-hydrogen) atoms. The van der Waals surface area contributed by atoms with E-state index in [9.17, 15) is 39.6 Å². The Balaban J connectivity index is 0.000000244. The van der Waals surface area contributed by atoms with Gasteiger partial charge in [0, 0.05) is 134 Å². The molecule has 9 rings (SSSR count). The Morgan fingerprint density at radius 3 is 0.902 bits per heavy atom. The first-order valence-corrected chi connectivity index (χ1v) is 42.3. The molecule has 2 N–H and O–H groups in total. The molecule has 3 saturated heterocycles. The fraction of sp³-hybridized carbons (Fsp3) is 0.530. The second kappa shape index (κ2) is 44.8. The number of ether oxygens (including phenoxy) is 7. The summed E-state index contributed by atoms with van der Waals surface area (Å²) in [5, 5.41) is 0. The van der Waals surface area contributed by atoms with Crippen LogP contribution in [0.25, 0.3) is 0 Å². The average Bonchev–Trinajstić information content (AvgIpc) is 0.794. The maximum atomic E-state index is 13.1. The zero-order valence-corrected chi connectivity index (χ0v) is 71.8. The largest absolute Gasteiger partial charge is 0.497 e. The van der Waals surface area contributed by atoms with Crippen LogP contribution in [0.2, 0.25) is 0 Å². The number of anilines is 4.